The van der Waals surface area contributed by atoms with E-state index in [1.54, 1.807) is 31.4 Å². The summed E-state index contributed by atoms with van der Waals surface area (Å²) in [6, 6.07) is 14.7. The van der Waals surface area contributed by atoms with Gasteiger partial charge in [-0.15, -0.1) is 0 Å². The molecule has 0 unspecified atom stereocenters. The highest BCUT2D eigenvalue weighted by Gasteiger charge is 2.01. The molecule has 4 heteroatoms. The zero-order valence-corrected chi connectivity index (χ0v) is 9.96. The predicted octanol–water partition coefficient (Wildman–Crippen LogP) is 2.95. The van der Waals surface area contributed by atoms with Crippen molar-refractivity contribution >= 4 is 0 Å². The molecule has 1 aromatic carbocycles. The lowest BCUT2D eigenvalue weighted by Gasteiger charge is -2.06. The van der Waals surface area contributed by atoms with Crippen LogP contribution in [0.25, 0.3) is 0 Å². The molecule has 1 aromatic heterocycles. The summed E-state index contributed by atoms with van der Waals surface area (Å²) in [6.07, 6.45) is 0.278. The maximum Gasteiger partial charge on any atom is 0.219 e. The van der Waals surface area contributed by atoms with Gasteiger partial charge in [-0.05, 0) is 30.3 Å². The largest absolute Gasteiger partial charge is 0.497 e. The Bertz CT molecular complexity index is 559. The van der Waals surface area contributed by atoms with Gasteiger partial charge in [-0.1, -0.05) is 6.07 Å². The molecule has 90 valence electrons. The summed E-state index contributed by atoms with van der Waals surface area (Å²) in [5, 5.41) is 8.61. The van der Waals surface area contributed by atoms with Gasteiger partial charge in [0.05, 0.1) is 25.3 Å². The fraction of sp³-hybridized carbons (Fsp3) is 0.143. The summed E-state index contributed by atoms with van der Waals surface area (Å²) < 4.78 is 10.7. The van der Waals surface area contributed by atoms with Crippen molar-refractivity contribution in [2.75, 3.05) is 7.11 Å². The maximum absolute atomic E-state index is 8.61. The Labute approximate surface area is 105 Å². The number of nitriles is 1. The molecule has 0 aliphatic rings. The molecule has 0 aliphatic heterocycles. The van der Waals surface area contributed by atoms with E-state index < -0.39 is 0 Å². The van der Waals surface area contributed by atoms with Crippen LogP contribution in [0.1, 0.15) is 5.69 Å². The van der Waals surface area contributed by atoms with Crippen molar-refractivity contribution in [2.45, 2.75) is 6.42 Å². The lowest BCUT2D eigenvalue weighted by molar-refractivity contribution is 0.412. The van der Waals surface area contributed by atoms with E-state index in [0.29, 0.717) is 17.3 Å². The molecule has 0 spiro atoms. The normalized spacial score (nSPS) is 9.56. The van der Waals surface area contributed by atoms with Crippen LogP contribution in [0.2, 0.25) is 0 Å². The van der Waals surface area contributed by atoms with Gasteiger partial charge < -0.3 is 9.47 Å². The third-order valence-electron chi connectivity index (χ3n) is 2.32. The first-order valence-electron chi connectivity index (χ1n) is 5.46. The SMILES string of the molecule is COc1ccc(Oc2cccc(CC#N)n2)cc1. The van der Waals surface area contributed by atoms with E-state index in [4.69, 9.17) is 14.7 Å². The number of hydrogen-bond donors (Lipinski definition) is 0. The topological polar surface area (TPSA) is 55.1 Å². The number of hydrogen-bond acceptors (Lipinski definition) is 4. The molecule has 0 saturated heterocycles. The average molecular weight is 240 g/mol. The van der Waals surface area contributed by atoms with Crippen LogP contribution in [0.3, 0.4) is 0 Å². The number of benzene rings is 1. The Balaban J connectivity index is 2.12. The second-order valence-electron chi connectivity index (χ2n) is 3.58. The summed E-state index contributed by atoms with van der Waals surface area (Å²) in [5.41, 5.74) is 0.698. The highest BCUT2D eigenvalue weighted by molar-refractivity contribution is 5.33. The minimum atomic E-state index is 0.278. The number of aromatic nitrogens is 1. The minimum Gasteiger partial charge on any atom is -0.497 e. The fourth-order valence-electron chi connectivity index (χ4n) is 1.46. The van der Waals surface area contributed by atoms with E-state index in [1.165, 1.54) is 0 Å². The van der Waals surface area contributed by atoms with Crippen molar-refractivity contribution in [3.05, 3.63) is 48.2 Å². The second-order valence-corrected chi connectivity index (χ2v) is 3.58. The van der Waals surface area contributed by atoms with Crippen LogP contribution in [0.15, 0.2) is 42.5 Å². The smallest absolute Gasteiger partial charge is 0.219 e. The Morgan fingerprint density at radius 1 is 1.11 bits per heavy atom. The molecule has 0 saturated carbocycles. The van der Waals surface area contributed by atoms with Crippen LogP contribution in [0, 0.1) is 11.3 Å². The quantitative estimate of drug-likeness (QED) is 0.824. The van der Waals surface area contributed by atoms with Crippen LogP contribution in [-0.2, 0) is 6.42 Å². The molecule has 2 rings (SSSR count). The summed E-state index contributed by atoms with van der Waals surface area (Å²) >= 11 is 0. The molecule has 0 N–H and O–H groups in total. The first kappa shape index (κ1) is 11.9. The fourth-order valence-corrected chi connectivity index (χ4v) is 1.46. The molecular formula is C14H12N2O2. The molecule has 0 amide bonds. The van der Waals surface area contributed by atoms with Crippen LogP contribution in [0.4, 0.5) is 0 Å². The first-order chi connectivity index (χ1) is 8.81. The standard InChI is InChI=1S/C14H12N2O2/c1-17-12-5-7-13(8-6-12)18-14-4-2-3-11(16-14)9-10-15/h2-8H,9H2,1H3. The number of pyridine rings is 1. The molecule has 0 atom stereocenters. The molecule has 0 radical (unpaired) electrons. The molecule has 0 fully saturated rings. The number of rotatable bonds is 4. The van der Waals surface area contributed by atoms with Crippen LogP contribution >= 0.6 is 0 Å². The van der Waals surface area contributed by atoms with Gasteiger partial charge in [0.1, 0.15) is 11.5 Å². The van der Waals surface area contributed by atoms with Gasteiger partial charge in [0.2, 0.25) is 5.88 Å². The van der Waals surface area contributed by atoms with E-state index in [0.717, 1.165) is 5.75 Å². The molecule has 4 nitrogen and oxygen atoms in total. The van der Waals surface area contributed by atoms with E-state index in [2.05, 4.69) is 11.1 Å². The minimum absolute atomic E-state index is 0.278. The van der Waals surface area contributed by atoms with Gasteiger partial charge in [0.15, 0.2) is 0 Å². The Hall–Kier alpha value is -2.54. The van der Waals surface area contributed by atoms with Crippen LogP contribution in [0.5, 0.6) is 17.4 Å². The first-order valence-corrected chi connectivity index (χ1v) is 5.46. The van der Waals surface area contributed by atoms with E-state index in [-0.39, 0.29) is 6.42 Å². The molecule has 2 aromatic rings. The molecular weight excluding hydrogens is 228 g/mol. The highest BCUT2D eigenvalue weighted by Crippen LogP contribution is 2.22. The second kappa shape index (κ2) is 5.69. The average Bonchev–Trinajstić information content (AvgIpc) is 2.40. The number of nitrogens with zero attached hydrogens (tertiary/aromatic N) is 2. The summed E-state index contributed by atoms with van der Waals surface area (Å²) in [5.74, 6) is 1.93. The van der Waals surface area contributed by atoms with Gasteiger partial charge in [-0.3, -0.25) is 0 Å². The summed E-state index contributed by atoms with van der Waals surface area (Å²) in [6.45, 7) is 0. The molecule has 18 heavy (non-hydrogen) atoms. The van der Waals surface area contributed by atoms with Crippen molar-refractivity contribution in [3.63, 3.8) is 0 Å². The van der Waals surface area contributed by atoms with Crippen molar-refractivity contribution in [2.24, 2.45) is 0 Å². The Morgan fingerprint density at radius 3 is 2.50 bits per heavy atom. The van der Waals surface area contributed by atoms with Gasteiger partial charge >= 0.3 is 0 Å². The molecule has 0 aliphatic carbocycles. The van der Waals surface area contributed by atoms with Crippen molar-refractivity contribution in [3.8, 4) is 23.4 Å². The van der Waals surface area contributed by atoms with Crippen LogP contribution in [-0.4, -0.2) is 12.1 Å². The van der Waals surface area contributed by atoms with E-state index >= 15 is 0 Å². The van der Waals surface area contributed by atoms with Gasteiger partial charge in [0.25, 0.3) is 0 Å². The zero-order chi connectivity index (χ0) is 12.8. The number of ether oxygens (including phenoxy) is 2. The maximum atomic E-state index is 8.61. The number of methoxy groups -OCH3 is 1. The Kier molecular flexibility index (Phi) is 3.77. The van der Waals surface area contributed by atoms with E-state index in [9.17, 15) is 0 Å². The van der Waals surface area contributed by atoms with Crippen LogP contribution < -0.4 is 9.47 Å². The van der Waals surface area contributed by atoms with Crippen molar-refractivity contribution < 1.29 is 9.47 Å². The Morgan fingerprint density at radius 2 is 1.83 bits per heavy atom. The molecule has 0 bridgehead atoms. The summed E-state index contributed by atoms with van der Waals surface area (Å²) in [4.78, 5) is 4.22. The highest BCUT2D eigenvalue weighted by atomic mass is 16.5. The third kappa shape index (κ3) is 2.98. The van der Waals surface area contributed by atoms with Crippen molar-refractivity contribution in [1.82, 2.24) is 4.98 Å². The zero-order valence-electron chi connectivity index (χ0n) is 9.96. The predicted molar refractivity (Wildman–Crippen MR) is 66.6 cm³/mol. The van der Waals surface area contributed by atoms with Crippen molar-refractivity contribution in [1.29, 1.82) is 5.26 Å². The summed E-state index contributed by atoms with van der Waals surface area (Å²) in [7, 11) is 1.61. The van der Waals surface area contributed by atoms with Gasteiger partial charge in [-0.25, -0.2) is 4.98 Å². The lowest BCUT2D eigenvalue weighted by atomic mass is 10.3. The van der Waals surface area contributed by atoms with E-state index in [1.807, 2.05) is 18.2 Å². The van der Waals surface area contributed by atoms with Gasteiger partial charge in [0, 0.05) is 6.07 Å². The van der Waals surface area contributed by atoms with Gasteiger partial charge in [-0.2, -0.15) is 5.26 Å². The molecule has 1 heterocycles. The lowest BCUT2D eigenvalue weighted by Crippen LogP contribution is -1.92. The third-order valence-corrected chi connectivity index (χ3v) is 2.32. The monoisotopic (exact) mass is 240 g/mol.